The summed E-state index contributed by atoms with van der Waals surface area (Å²) in [5, 5.41) is 3.73. The fourth-order valence-electron chi connectivity index (χ4n) is 2.00. The number of quaternary nitrogens is 1. The average Bonchev–Trinajstić information content (AvgIpc) is 2.33. The van der Waals surface area contributed by atoms with Gasteiger partial charge in [-0.3, -0.25) is 14.8 Å². The molecule has 0 atom stereocenters. The Kier molecular flexibility index (Phi) is 8.12. The zero-order valence-electron chi connectivity index (χ0n) is 13.1. The molecule has 1 aromatic carbocycles. The molecule has 5 heteroatoms. The van der Waals surface area contributed by atoms with Crippen molar-refractivity contribution in [1.82, 2.24) is 5.01 Å². The van der Waals surface area contributed by atoms with Gasteiger partial charge in [0.25, 0.3) is 0 Å². The van der Waals surface area contributed by atoms with E-state index >= 15 is 0 Å². The van der Waals surface area contributed by atoms with E-state index in [1.165, 1.54) is 0 Å². The summed E-state index contributed by atoms with van der Waals surface area (Å²) in [5.41, 5.74) is 1.03. The Morgan fingerprint density at radius 3 is 2.15 bits per heavy atom. The smallest absolute Gasteiger partial charge is 0.237 e. The molecule has 114 valence electrons. The first-order valence-electron chi connectivity index (χ1n) is 6.68. The van der Waals surface area contributed by atoms with Gasteiger partial charge in [0.1, 0.15) is 0 Å². The molecule has 0 saturated heterocycles. The van der Waals surface area contributed by atoms with Crippen LogP contribution in [0.15, 0.2) is 30.3 Å². The molecule has 0 radical (unpaired) electrons. The molecule has 0 aromatic heterocycles. The number of benzene rings is 1. The number of anilines is 1. The number of para-hydroxylation sites is 1. The summed E-state index contributed by atoms with van der Waals surface area (Å²) in [6, 6.07) is 9.96. The average molecular weight is 391 g/mol. The van der Waals surface area contributed by atoms with Crippen molar-refractivity contribution in [2.45, 2.75) is 13.3 Å². The Morgan fingerprint density at radius 1 is 1.15 bits per heavy atom. The topological polar surface area (TPSA) is 23.6 Å². The van der Waals surface area contributed by atoms with E-state index in [0.717, 1.165) is 29.7 Å². The van der Waals surface area contributed by atoms with Crippen LogP contribution in [0.4, 0.5) is 5.69 Å². The van der Waals surface area contributed by atoms with Crippen LogP contribution in [0.3, 0.4) is 0 Å². The first-order valence-corrected chi connectivity index (χ1v) is 6.68. The Morgan fingerprint density at radius 2 is 1.70 bits per heavy atom. The van der Waals surface area contributed by atoms with Crippen molar-refractivity contribution in [2.24, 2.45) is 0 Å². The number of nitrogens with zero attached hydrogens (tertiary/aromatic N) is 3. The van der Waals surface area contributed by atoms with Crippen LogP contribution in [0.5, 0.6) is 0 Å². The molecule has 0 aliphatic carbocycles. The summed E-state index contributed by atoms with van der Waals surface area (Å²) >= 11 is 0. The highest BCUT2D eigenvalue weighted by Gasteiger charge is 2.16. The number of carbonyl (C=O) groups excluding carboxylic acids is 1. The van der Waals surface area contributed by atoms with Crippen molar-refractivity contribution in [3.05, 3.63) is 30.3 Å². The Balaban J connectivity index is 0.00000361. The second-order valence-electron chi connectivity index (χ2n) is 5.87. The lowest BCUT2D eigenvalue weighted by atomic mass is 10.3. The number of rotatable bonds is 6. The molecule has 0 saturated carbocycles. The predicted octanol–water partition coefficient (Wildman–Crippen LogP) is -1.01. The lowest BCUT2D eigenvalue weighted by molar-refractivity contribution is -0.870. The van der Waals surface area contributed by atoms with E-state index in [2.05, 4.69) is 21.1 Å². The van der Waals surface area contributed by atoms with Gasteiger partial charge >= 0.3 is 0 Å². The molecule has 0 N–H and O–H groups in total. The molecule has 0 aliphatic heterocycles. The summed E-state index contributed by atoms with van der Waals surface area (Å²) in [6.07, 6.45) is 0.986. The van der Waals surface area contributed by atoms with Crippen LogP contribution in [-0.2, 0) is 4.79 Å². The van der Waals surface area contributed by atoms with E-state index < -0.39 is 0 Å². The van der Waals surface area contributed by atoms with E-state index in [4.69, 9.17) is 0 Å². The SMILES string of the molecule is CC(=O)N(CCC[N+](C)(C)C)N(C)c1ccccc1.[I-]. The van der Waals surface area contributed by atoms with E-state index in [0.29, 0.717) is 0 Å². The van der Waals surface area contributed by atoms with E-state index in [1.807, 2.05) is 42.4 Å². The highest BCUT2D eigenvalue weighted by Crippen LogP contribution is 2.14. The summed E-state index contributed by atoms with van der Waals surface area (Å²) in [7, 11) is 8.43. The molecule has 0 unspecified atom stereocenters. The number of hydrogen-bond acceptors (Lipinski definition) is 2. The molecule has 0 aliphatic rings. The molecule has 0 heterocycles. The maximum Gasteiger partial charge on any atom is 0.237 e. The normalized spacial score (nSPS) is 10.7. The highest BCUT2D eigenvalue weighted by molar-refractivity contribution is 5.75. The second-order valence-corrected chi connectivity index (χ2v) is 5.87. The van der Waals surface area contributed by atoms with Gasteiger partial charge in [0.2, 0.25) is 5.91 Å². The minimum atomic E-state index is 0. The monoisotopic (exact) mass is 391 g/mol. The van der Waals surface area contributed by atoms with Crippen molar-refractivity contribution < 1.29 is 33.3 Å². The van der Waals surface area contributed by atoms with Crippen LogP contribution in [0.2, 0.25) is 0 Å². The number of hydrogen-bond donors (Lipinski definition) is 0. The van der Waals surface area contributed by atoms with Gasteiger partial charge in [0, 0.05) is 26.9 Å². The summed E-state index contributed by atoms with van der Waals surface area (Å²) in [5.74, 6) is 0.0766. The van der Waals surface area contributed by atoms with Gasteiger partial charge in [-0.05, 0) is 12.1 Å². The number of amides is 1. The molecule has 1 amide bonds. The van der Waals surface area contributed by atoms with Crippen LogP contribution >= 0.6 is 0 Å². The van der Waals surface area contributed by atoms with E-state index in [-0.39, 0.29) is 29.9 Å². The van der Waals surface area contributed by atoms with Gasteiger partial charge < -0.3 is 28.5 Å². The Hall–Kier alpha value is -0.820. The lowest BCUT2D eigenvalue weighted by Gasteiger charge is -2.33. The molecule has 1 aromatic rings. The molecule has 4 nitrogen and oxygen atoms in total. The first kappa shape index (κ1) is 19.2. The lowest BCUT2D eigenvalue weighted by Crippen LogP contribution is -3.00. The van der Waals surface area contributed by atoms with Crippen LogP contribution in [0.25, 0.3) is 0 Å². The van der Waals surface area contributed by atoms with Crippen molar-refractivity contribution in [3.63, 3.8) is 0 Å². The van der Waals surface area contributed by atoms with Crippen LogP contribution in [0, 0.1) is 0 Å². The number of carbonyl (C=O) groups is 1. The number of hydrazine groups is 1. The van der Waals surface area contributed by atoms with E-state index in [9.17, 15) is 4.79 Å². The number of halogens is 1. The molecule has 0 spiro atoms. The van der Waals surface area contributed by atoms with Gasteiger partial charge in [-0.2, -0.15) is 0 Å². The van der Waals surface area contributed by atoms with Crippen LogP contribution in [-0.4, -0.2) is 56.7 Å². The minimum absolute atomic E-state index is 0. The molecule has 20 heavy (non-hydrogen) atoms. The molecule has 0 bridgehead atoms. The molecular formula is C15H26IN3O. The van der Waals surface area contributed by atoms with Crippen LogP contribution < -0.4 is 29.0 Å². The van der Waals surface area contributed by atoms with Gasteiger partial charge in [0.15, 0.2) is 0 Å². The van der Waals surface area contributed by atoms with Crippen molar-refractivity contribution in [3.8, 4) is 0 Å². The largest absolute Gasteiger partial charge is 1.00 e. The third kappa shape index (κ3) is 6.56. The Bertz CT molecular complexity index is 403. The maximum atomic E-state index is 11.8. The van der Waals surface area contributed by atoms with E-state index in [1.54, 1.807) is 11.9 Å². The minimum Gasteiger partial charge on any atom is -1.00 e. The third-order valence-corrected chi connectivity index (χ3v) is 3.05. The zero-order valence-corrected chi connectivity index (χ0v) is 15.3. The van der Waals surface area contributed by atoms with Crippen molar-refractivity contribution >= 4 is 11.6 Å². The fourth-order valence-corrected chi connectivity index (χ4v) is 2.00. The second kappa shape index (κ2) is 8.46. The van der Waals surface area contributed by atoms with Gasteiger partial charge in [-0.25, -0.2) is 0 Å². The Labute approximate surface area is 139 Å². The maximum absolute atomic E-state index is 11.8. The summed E-state index contributed by atoms with van der Waals surface area (Å²) < 4.78 is 0.917. The van der Waals surface area contributed by atoms with Gasteiger partial charge in [-0.1, -0.05) is 18.2 Å². The highest BCUT2D eigenvalue weighted by atomic mass is 127. The summed E-state index contributed by atoms with van der Waals surface area (Å²) in [4.78, 5) is 11.8. The zero-order chi connectivity index (χ0) is 14.5. The third-order valence-electron chi connectivity index (χ3n) is 3.05. The fraction of sp³-hybridized carbons (Fsp3) is 0.533. The predicted molar refractivity (Wildman–Crippen MR) is 79.7 cm³/mol. The molecule has 0 fully saturated rings. The van der Waals surface area contributed by atoms with Crippen molar-refractivity contribution in [1.29, 1.82) is 0 Å². The van der Waals surface area contributed by atoms with Crippen LogP contribution in [0.1, 0.15) is 13.3 Å². The first-order chi connectivity index (χ1) is 8.81. The molecular weight excluding hydrogens is 365 g/mol. The van der Waals surface area contributed by atoms with Gasteiger partial charge in [-0.15, -0.1) is 0 Å². The summed E-state index contributed by atoms with van der Waals surface area (Å²) in [6.45, 7) is 3.41. The molecule has 1 rings (SSSR count). The van der Waals surface area contributed by atoms with Gasteiger partial charge in [0.05, 0.1) is 33.4 Å². The standard InChI is InChI=1S/C15H26N3O.HI/c1-14(19)17(12-9-13-18(3,4)5)16(2)15-10-7-6-8-11-15;/h6-8,10-11H,9,12-13H2,1-5H3;1H/q+1;/p-1. The van der Waals surface area contributed by atoms with Crippen molar-refractivity contribution in [2.75, 3.05) is 46.3 Å². The quantitative estimate of drug-likeness (QED) is 0.353.